The smallest absolute Gasteiger partial charge is 0.123 e. The van der Waals surface area contributed by atoms with E-state index in [-0.39, 0.29) is 0 Å². The summed E-state index contributed by atoms with van der Waals surface area (Å²) in [6, 6.07) is 31.5. The summed E-state index contributed by atoms with van der Waals surface area (Å²) in [4.78, 5) is 2.74. The van der Waals surface area contributed by atoms with Crippen LogP contribution in [0.5, 0.6) is 5.75 Å². The highest BCUT2D eigenvalue weighted by atomic mass is 16.5. The zero-order valence-electron chi connectivity index (χ0n) is 18.3. The van der Waals surface area contributed by atoms with E-state index >= 15 is 0 Å². The van der Waals surface area contributed by atoms with Gasteiger partial charge in [0.15, 0.2) is 0 Å². The number of fused-ring (bicyclic) bond motifs is 3. The number of nitrogens with zero attached hydrogens (tertiary/aromatic N) is 1. The first-order valence-electron chi connectivity index (χ1n) is 11.5. The summed E-state index contributed by atoms with van der Waals surface area (Å²) in [6.45, 7) is 3.25. The highest BCUT2D eigenvalue weighted by Gasteiger charge is 2.46. The Morgan fingerprint density at radius 2 is 1.42 bits per heavy atom. The third-order valence-corrected chi connectivity index (χ3v) is 7.25. The third kappa shape index (κ3) is 4.13. The lowest BCUT2D eigenvalue weighted by atomic mass is 9.70. The summed E-state index contributed by atoms with van der Waals surface area (Å²) in [5.74, 6) is 2.05. The maximum Gasteiger partial charge on any atom is 0.123 e. The Balaban J connectivity index is 1.49. The highest BCUT2D eigenvalue weighted by Crippen LogP contribution is 2.42. The van der Waals surface area contributed by atoms with Gasteiger partial charge in [0.25, 0.3) is 0 Å². The molecular formula is C28H32N2O. The number of nitrogens with one attached hydrogen (secondary N) is 1. The molecule has 0 radical (unpaired) electrons. The van der Waals surface area contributed by atoms with Gasteiger partial charge < -0.3 is 10.1 Å². The van der Waals surface area contributed by atoms with E-state index < -0.39 is 0 Å². The van der Waals surface area contributed by atoms with Gasteiger partial charge in [-0.05, 0) is 49.0 Å². The summed E-state index contributed by atoms with van der Waals surface area (Å²) in [6.07, 6.45) is 2.58. The minimum absolute atomic E-state index is 0.362. The zero-order chi connectivity index (χ0) is 21.0. The monoisotopic (exact) mass is 412 g/mol. The Morgan fingerprint density at radius 3 is 2.03 bits per heavy atom. The number of hydrogen-bond acceptors (Lipinski definition) is 3. The predicted octanol–water partition coefficient (Wildman–Crippen LogP) is 5.08. The van der Waals surface area contributed by atoms with Crippen molar-refractivity contribution < 1.29 is 4.74 Å². The number of benzene rings is 3. The van der Waals surface area contributed by atoms with E-state index in [0.29, 0.717) is 18.0 Å². The summed E-state index contributed by atoms with van der Waals surface area (Å²) in [7, 11) is 1.76. The molecule has 3 aliphatic heterocycles. The average Bonchev–Trinajstić information content (AvgIpc) is 2.85. The van der Waals surface area contributed by atoms with Crippen LogP contribution in [0.25, 0.3) is 0 Å². The average molecular weight is 413 g/mol. The summed E-state index contributed by atoms with van der Waals surface area (Å²) >= 11 is 0. The molecule has 2 bridgehead atoms. The normalized spacial score (nSPS) is 25.0. The van der Waals surface area contributed by atoms with Crippen molar-refractivity contribution in [1.29, 1.82) is 0 Å². The molecule has 3 nitrogen and oxygen atoms in total. The number of ether oxygens (including phenoxy) is 1. The molecule has 31 heavy (non-hydrogen) atoms. The molecule has 3 heterocycles. The van der Waals surface area contributed by atoms with Crippen LogP contribution in [-0.2, 0) is 6.54 Å². The van der Waals surface area contributed by atoms with Gasteiger partial charge in [0.2, 0.25) is 0 Å². The number of piperidine rings is 3. The first-order valence-corrected chi connectivity index (χ1v) is 11.5. The van der Waals surface area contributed by atoms with Crippen LogP contribution in [0.4, 0.5) is 0 Å². The molecule has 0 aliphatic carbocycles. The Bertz CT molecular complexity index is 927. The quantitative estimate of drug-likeness (QED) is 0.586. The molecule has 6 rings (SSSR count). The number of hydrogen-bond donors (Lipinski definition) is 1. The molecule has 3 aromatic carbocycles. The molecule has 3 aliphatic rings. The van der Waals surface area contributed by atoms with Crippen LogP contribution in [0.3, 0.4) is 0 Å². The second-order valence-electron chi connectivity index (χ2n) is 8.88. The van der Waals surface area contributed by atoms with Crippen LogP contribution in [0.1, 0.15) is 35.4 Å². The number of methoxy groups -OCH3 is 1. The molecular weight excluding hydrogens is 380 g/mol. The summed E-state index contributed by atoms with van der Waals surface area (Å²) in [5, 5.41) is 3.99. The van der Waals surface area contributed by atoms with Crippen molar-refractivity contribution in [2.45, 2.75) is 37.4 Å². The lowest BCUT2D eigenvalue weighted by Gasteiger charge is -2.54. The fourth-order valence-electron chi connectivity index (χ4n) is 5.77. The van der Waals surface area contributed by atoms with E-state index in [1.807, 2.05) is 6.07 Å². The SMILES string of the molecule is COc1ccccc1CN[C@@H]1C2CCN(CC2)[C@@H]1C(c1ccccc1)c1ccccc1. The number of rotatable bonds is 7. The molecule has 0 aromatic heterocycles. The molecule has 3 aromatic rings. The van der Waals surface area contributed by atoms with Gasteiger partial charge in [0.1, 0.15) is 5.75 Å². The van der Waals surface area contributed by atoms with Gasteiger partial charge >= 0.3 is 0 Å². The summed E-state index contributed by atoms with van der Waals surface area (Å²) < 4.78 is 5.61. The minimum atomic E-state index is 0.362. The van der Waals surface area contributed by atoms with Crippen LogP contribution in [0, 0.1) is 5.92 Å². The van der Waals surface area contributed by atoms with Gasteiger partial charge in [-0.1, -0.05) is 78.9 Å². The molecule has 2 atom stereocenters. The fraction of sp³-hybridized carbons (Fsp3) is 0.357. The molecule has 3 heteroatoms. The van der Waals surface area contributed by atoms with E-state index in [2.05, 4.69) is 89.1 Å². The van der Waals surface area contributed by atoms with Crippen molar-refractivity contribution in [3.8, 4) is 5.75 Å². The Labute approximate surface area is 186 Å². The predicted molar refractivity (Wildman–Crippen MR) is 126 cm³/mol. The lowest BCUT2D eigenvalue weighted by molar-refractivity contribution is 0.00462. The largest absolute Gasteiger partial charge is 0.496 e. The zero-order valence-corrected chi connectivity index (χ0v) is 18.3. The van der Waals surface area contributed by atoms with Crippen molar-refractivity contribution >= 4 is 0 Å². The molecule has 0 spiro atoms. The molecule has 160 valence electrons. The van der Waals surface area contributed by atoms with Gasteiger partial charge in [-0.25, -0.2) is 0 Å². The standard InChI is InChI=1S/C28H32N2O/c1-31-25-15-9-8-14-24(25)20-29-27-23-16-18-30(19-17-23)28(27)26(21-10-4-2-5-11-21)22-12-6-3-7-13-22/h2-15,23,26-29H,16-20H2,1H3/t27-,28-/m1/s1. The lowest BCUT2D eigenvalue weighted by Crippen LogP contribution is -2.64. The first kappa shape index (κ1) is 20.3. The fourth-order valence-corrected chi connectivity index (χ4v) is 5.77. The number of para-hydroxylation sites is 1. The van der Waals surface area contributed by atoms with E-state index in [4.69, 9.17) is 4.74 Å². The van der Waals surface area contributed by atoms with Crippen LogP contribution in [0.15, 0.2) is 84.9 Å². The van der Waals surface area contributed by atoms with Crippen molar-refractivity contribution in [3.05, 3.63) is 102 Å². The van der Waals surface area contributed by atoms with Gasteiger partial charge in [-0.2, -0.15) is 0 Å². The second-order valence-corrected chi connectivity index (χ2v) is 8.88. The first-order chi connectivity index (χ1) is 15.3. The molecule has 0 unspecified atom stereocenters. The van der Waals surface area contributed by atoms with Crippen LogP contribution in [0.2, 0.25) is 0 Å². The Hall–Kier alpha value is -2.62. The maximum atomic E-state index is 5.61. The van der Waals surface area contributed by atoms with Crippen molar-refractivity contribution in [3.63, 3.8) is 0 Å². The van der Waals surface area contributed by atoms with Crippen molar-refractivity contribution in [2.75, 3.05) is 20.2 Å². The van der Waals surface area contributed by atoms with Crippen LogP contribution < -0.4 is 10.1 Å². The van der Waals surface area contributed by atoms with E-state index in [1.165, 1.54) is 42.6 Å². The molecule has 0 amide bonds. The third-order valence-electron chi connectivity index (χ3n) is 7.25. The molecule has 3 saturated heterocycles. The van der Waals surface area contributed by atoms with E-state index in [9.17, 15) is 0 Å². The van der Waals surface area contributed by atoms with E-state index in [1.54, 1.807) is 7.11 Å². The van der Waals surface area contributed by atoms with Gasteiger partial charge in [-0.15, -0.1) is 0 Å². The van der Waals surface area contributed by atoms with Crippen molar-refractivity contribution in [2.24, 2.45) is 5.92 Å². The highest BCUT2D eigenvalue weighted by molar-refractivity contribution is 5.37. The maximum absolute atomic E-state index is 5.61. The Kier molecular flexibility index (Phi) is 6.06. The minimum Gasteiger partial charge on any atom is -0.496 e. The molecule has 3 fully saturated rings. The molecule has 1 N–H and O–H groups in total. The van der Waals surface area contributed by atoms with Gasteiger partial charge in [0.05, 0.1) is 7.11 Å². The molecule has 0 saturated carbocycles. The van der Waals surface area contributed by atoms with Crippen LogP contribution >= 0.6 is 0 Å². The van der Waals surface area contributed by atoms with Crippen LogP contribution in [-0.4, -0.2) is 37.2 Å². The van der Waals surface area contributed by atoms with Gasteiger partial charge in [0, 0.05) is 30.1 Å². The van der Waals surface area contributed by atoms with Crippen molar-refractivity contribution in [1.82, 2.24) is 10.2 Å². The summed E-state index contributed by atoms with van der Waals surface area (Å²) in [5.41, 5.74) is 4.06. The topological polar surface area (TPSA) is 24.5 Å². The van der Waals surface area contributed by atoms with E-state index in [0.717, 1.165) is 18.2 Å². The van der Waals surface area contributed by atoms with Gasteiger partial charge in [-0.3, -0.25) is 4.90 Å². The second kappa shape index (κ2) is 9.25. The Morgan fingerprint density at radius 1 is 0.839 bits per heavy atom.